The van der Waals surface area contributed by atoms with E-state index in [1.54, 1.807) is 4.90 Å². The molecule has 0 aromatic carbocycles. The largest absolute Gasteiger partial charge is 0.465 e. The summed E-state index contributed by atoms with van der Waals surface area (Å²) in [6, 6.07) is 0.148. The molecule has 0 spiro atoms. The molecule has 1 heterocycles. The van der Waals surface area contributed by atoms with Crippen molar-refractivity contribution in [2.24, 2.45) is 16.7 Å². The maximum Gasteiger partial charge on any atom is 0.407 e. The van der Waals surface area contributed by atoms with Crippen LogP contribution in [0.4, 0.5) is 4.79 Å². The van der Waals surface area contributed by atoms with E-state index in [2.05, 4.69) is 26.1 Å². The fourth-order valence-electron chi connectivity index (χ4n) is 3.79. The van der Waals surface area contributed by atoms with Gasteiger partial charge in [-0.1, -0.05) is 20.8 Å². The second-order valence-electron chi connectivity index (χ2n) is 6.37. The van der Waals surface area contributed by atoms with Gasteiger partial charge in [0, 0.05) is 24.5 Å². The normalized spacial score (nSPS) is 37.4. The minimum atomic E-state index is -0.761. The highest BCUT2D eigenvalue weighted by atomic mass is 16.4. The van der Waals surface area contributed by atoms with Crippen molar-refractivity contribution in [2.45, 2.75) is 33.2 Å². The number of rotatable bonds is 2. The Labute approximate surface area is 97.0 Å². The van der Waals surface area contributed by atoms with Crippen molar-refractivity contribution in [3.8, 4) is 0 Å². The molecule has 0 aromatic rings. The van der Waals surface area contributed by atoms with Crippen LogP contribution in [-0.2, 0) is 0 Å². The average molecular weight is 226 g/mol. The summed E-state index contributed by atoms with van der Waals surface area (Å²) in [6.45, 7) is 8.09. The molecule has 1 saturated carbocycles. The van der Waals surface area contributed by atoms with Crippen molar-refractivity contribution in [2.75, 3.05) is 20.1 Å². The summed E-state index contributed by atoms with van der Waals surface area (Å²) in [5, 5.41) is 12.5. The molecule has 3 atom stereocenters. The van der Waals surface area contributed by atoms with E-state index in [0.717, 1.165) is 13.1 Å². The van der Waals surface area contributed by atoms with E-state index in [1.807, 2.05) is 7.05 Å². The highest BCUT2D eigenvalue weighted by Crippen LogP contribution is 2.64. The van der Waals surface area contributed by atoms with Crippen LogP contribution < -0.4 is 5.32 Å². The molecule has 1 aliphatic carbocycles. The van der Waals surface area contributed by atoms with Gasteiger partial charge in [-0.15, -0.1) is 0 Å². The van der Waals surface area contributed by atoms with Crippen molar-refractivity contribution in [3.05, 3.63) is 0 Å². The molecule has 16 heavy (non-hydrogen) atoms. The standard InChI is InChI=1S/C12H22N2O2/c1-11(2,3)9-12(7-13-4)5-8(12)6-14(9)10(15)16/h8-9,13H,5-7H2,1-4H3,(H,15,16)/t8-,9?,12+/m1/s1. The lowest BCUT2D eigenvalue weighted by Gasteiger charge is -2.40. The molecule has 0 radical (unpaired) electrons. The molecule has 4 nitrogen and oxygen atoms in total. The van der Waals surface area contributed by atoms with Crippen molar-refractivity contribution >= 4 is 6.09 Å². The highest BCUT2D eigenvalue weighted by molar-refractivity contribution is 5.67. The van der Waals surface area contributed by atoms with Gasteiger partial charge in [0.2, 0.25) is 0 Å². The topological polar surface area (TPSA) is 52.6 Å². The summed E-state index contributed by atoms with van der Waals surface area (Å²) in [4.78, 5) is 12.9. The van der Waals surface area contributed by atoms with Gasteiger partial charge < -0.3 is 15.3 Å². The van der Waals surface area contributed by atoms with Crippen molar-refractivity contribution < 1.29 is 9.90 Å². The molecule has 1 aliphatic heterocycles. The monoisotopic (exact) mass is 226 g/mol. The smallest absolute Gasteiger partial charge is 0.407 e. The third-order valence-corrected chi connectivity index (χ3v) is 4.12. The van der Waals surface area contributed by atoms with Crippen LogP contribution in [0.25, 0.3) is 0 Å². The molecule has 2 aliphatic rings. The van der Waals surface area contributed by atoms with Crippen LogP contribution in [0.2, 0.25) is 0 Å². The minimum Gasteiger partial charge on any atom is -0.465 e. The first-order chi connectivity index (χ1) is 7.33. The van der Waals surface area contributed by atoms with Gasteiger partial charge >= 0.3 is 6.09 Å². The van der Waals surface area contributed by atoms with Crippen LogP contribution >= 0.6 is 0 Å². The van der Waals surface area contributed by atoms with Crippen LogP contribution in [-0.4, -0.2) is 42.3 Å². The molecule has 1 unspecified atom stereocenters. The molecule has 1 saturated heterocycles. The van der Waals surface area contributed by atoms with E-state index in [9.17, 15) is 9.90 Å². The van der Waals surface area contributed by atoms with Gasteiger partial charge in [0.15, 0.2) is 0 Å². The van der Waals surface area contributed by atoms with Crippen LogP contribution in [0.15, 0.2) is 0 Å². The number of hydrogen-bond donors (Lipinski definition) is 2. The second-order valence-corrected chi connectivity index (χ2v) is 6.37. The summed E-state index contributed by atoms with van der Waals surface area (Å²) < 4.78 is 0. The van der Waals surface area contributed by atoms with E-state index in [1.165, 1.54) is 6.42 Å². The van der Waals surface area contributed by atoms with Crippen LogP contribution in [0.1, 0.15) is 27.2 Å². The minimum absolute atomic E-state index is 0.0144. The number of hydrogen-bond acceptors (Lipinski definition) is 2. The number of piperidine rings is 1. The first-order valence-electron chi connectivity index (χ1n) is 5.97. The van der Waals surface area contributed by atoms with Gasteiger partial charge in [-0.25, -0.2) is 4.79 Å². The number of nitrogens with zero attached hydrogens (tertiary/aromatic N) is 1. The Kier molecular flexibility index (Phi) is 2.46. The summed E-state index contributed by atoms with van der Waals surface area (Å²) in [5.74, 6) is 0.570. The molecule has 1 amide bonds. The number of carbonyl (C=O) groups is 1. The number of likely N-dealkylation sites (tertiary alicyclic amines) is 1. The zero-order valence-corrected chi connectivity index (χ0v) is 10.6. The Bertz CT molecular complexity index is 311. The Morgan fingerprint density at radius 1 is 1.56 bits per heavy atom. The van der Waals surface area contributed by atoms with E-state index in [4.69, 9.17) is 0 Å². The zero-order chi connectivity index (χ0) is 12.1. The molecule has 2 fully saturated rings. The van der Waals surface area contributed by atoms with Crippen molar-refractivity contribution in [1.29, 1.82) is 0 Å². The van der Waals surface area contributed by atoms with Crippen molar-refractivity contribution in [3.63, 3.8) is 0 Å². The Morgan fingerprint density at radius 2 is 2.19 bits per heavy atom. The quantitative estimate of drug-likeness (QED) is 0.752. The van der Waals surface area contributed by atoms with E-state index in [0.29, 0.717) is 5.92 Å². The number of nitrogens with one attached hydrogen (secondary N) is 1. The predicted octanol–water partition coefficient (Wildman–Crippen LogP) is 1.62. The van der Waals surface area contributed by atoms with E-state index >= 15 is 0 Å². The maximum atomic E-state index is 11.3. The van der Waals surface area contributed by atoms with Gasteiger partial charge in [0.05, 0.1) is 0 Å². The lowest BCUT2D eigenvalue weighted by atomic mass is 9.76. The van der Waals surface area contributed by atoms with Crippen LogP contribution in [0, 0.1) is 16.7 Å². The molecule has 2 rings (SSSR count). The number of fused-ring (bicyclic) bond motifs is 1. The summed E-state index contributed by atoms with van der Waals surface area (Å²) in [5.41, 5.74) is 0.214. The Morgan fingerprint density at radius 3 is 2.62 bits per heavy atom. The summed E-state index contributed by atoms with van der Waals surface area (Å²) in [6.07, 6.45) is 0.419. The summed E-state index contributed by atoms with van der Waals surface area (Å²) >= 11 is 0. The first-order valence-corrected chi connectivity index (χ1v) is 5.97. The fourth-order valence-corrected chi connectivity index (χ4v) is 3.79. The van der Waals surface area contributed by atoms with Crippen molar-refractivity contribution in [1.82, 2.24) is 10.2 Å². The maximum absolute atomic E-state index is 11.3. The molecular formula is C12H22N2O2. The third-order valence-electron chi connectivity index (χ3n) is 4.12. The predicted molar refractivity (Wildman–Crippen MR) is 62.4 cm³/mol. The van der Waals surface area contributed by atoms with Crippen LogP contribution in [0.5, 0.6) is 0 Å². The molecular weight excluding hydrogens is 204 g/mol. The van der Waals surface area contributed by atoms with Gasteiger partial charge in [-0.2, -0.15) is 0 Å². The Balaban J connectivity index is 2.27. The first kappa shape index (κ1) is 11.7. The average Bonchev–Trinajstić information content (AvgIpc) is 2.68. The van der Waals surface area contributed by atoms with E-state index in [-0.39, 0.29) is 16.9 Å². The van der Waals surface area contributed by atoms with Gasteiger partial charge in [-0.3, -0.25) is 0 Å². The molecule has 0 aromatic heterocycles. The Hall–Kier alpha value is -0.770. The molecule has 0 bridgehead atoms. The molecule has 2 N–H and O–H groups in total. The van der Waals surface area contributed by atoms with Gasteiger partial charge in [0.25, 0.3) is 0 Å². The third kappa shape index (κ3) is 1.51. The second kappa shape index (κ2) is 3.36. The fraction of sp³-hybridized carbons (Fsp3) is 0.917. The molecule has 4 heteroatoms. The zero-order valence-electron chi connectivity index (χ0n) is 10.6. The van der Waals surface area contributed by atoms with Gasteiger partial charge in [0.1, 0.15) is 0 Å². The SMILES string of the molecule is CNC[C@@]12C[C@@H]1CN(C(=O)O)C2C(C)(C)C. The highest BCUT2D eigenvalue weighted by Gasteiger charge is 2.68. The van der Waals surface area contributed by atoms with E-state index < -0.39 is 6.09 Å². The van der Waals surface area contributed by atoms with Crippen LogP contribution in [0.3, 0.4) is 0 Å². The van der Waals surface area contributed by atoms with Gasteiger partial charge in [-0.05, 0) is 24.8 Å². The lowest BCUT2D eigenvalue weighted by molar-refractivity contribution is 0.0705. The number of carboxylic acid groups (broad SMARTS) is 1. The molecule has 92 valence electrons. The lowest BCUT2D eigenvalue weighted by Crippen LogP contribution is -2.50. The number of amides is 1. The summed E-state index contributed by atoms with van der Waals surface area (Å²) in [7, 11) is 1.95.